The van der Waals surface area contributed by atoms with Crippen LogP contribution in [-0.2, 0) is 6.54 Å². The summed E-state index contributed by atoms with van der Waals surface area (Å²) in [4.78, 5) is 11.4. The lowest BCUT2D eigenvalue weighted by Crippen LogP contribution is -2.39. The van der Waals surface area contributed by atoms with Gasteiger partial charge in [-0.3, -0.25) is 4.48 Å². The Labute approximate surface area is 131 Å². The first kappa shape index (κ1) is 16.0. The van der Waals surface area contributed by atoms with E-state index in [9.17, 15) is 4.79 Å². The Balaban J connectivity index is 2.27. The zero-order chi connectivity index (χ0) is 16.2. The summed E-state index contributed by atoms with van der Waals surface area (Å²) in [5, 5.41) is 2.47. The summed E-state index contributed by atoms with van der Waals surface area (Å²) in [5.74, 6) is 0.594. The van der Waals surface area contributed by atoms with Gasteiger partial charge in [-0.2, -0.15) is 0 Å². The Hall–Kier alpha value is -2.33. The number of nitrogens with zero attached hydrogens (tertiary/aromatic N) is 1. The highest BCUT2D eigenvalue weighted by atomic mass is 16.6. The first-order valence-electron chi connectivity index (χ1n) is 7.30. The fourth-order valence-corrected chi connectivity index (χ4v) is 2.36. The van der Waals surface area contributed by atoms with Crippen LogP contribution in [0.25, 0.3) is 0 Å². The van der Waals surface area contributed by atoms with Crippen molar-refractivity contribution in [1.82, 2.24) is 9.80 Å². The summed E-state index contributed by atoms with van der Waals surface area (Å²) in [6, 6.07) is 16.4. The molecule has 0 aliphatic rings. The van der Waals surface area contributed by atoms with E-state index in [-0.39, 0.29) is 0 Å². The molecule has 116 valence electrons. The van der Waals surface area contributed by atoms with Gasteiger partial charge in [0.15, 0.2) is 0 Å². The van der Waals surface area contributed by atoms with E-state index in [1.165, 1.54) is 5.56 Å². The topological polar surface area (TPSA) is 38.3 Å². The number of aryl methyl sites for hydroxylation is 1. The van der Waals surface area contributed by atoms with Gasteiger partial charge < -0.3 is 10.1 Å². The lowest BCUT2D eigenvalue weighted by Gasteiger charge is -2.30. The van der Waals surface area contributed by atoms with Gasteiger partial charge in [-0.25, -0.2) is 4.79 Å². The molecule has 2 aromatic carbocycles. The quantitative estimate of drug-likeness (QED) is 0.878. The van der Waals surface area contributed by atoms with Crippen LogP contribution in [0.2, 0.25) is 0 Å². The fraction of sp³-hybridized carbons (Fsp3) is 0.278. The molecule has 2 aromatic rings. The SMILES string of the molecule is CNC(=O)Oc1cc([N+](C)(C)Cc2ccccc2)ccc1C. The van der Waals surface area contributed by atoms with Crippen molar-refractivity contribution >= 4 is 11.8 Å². The maximum atomic E-state index is 11.4. The van der Waals surface area contributed by atoms with Gasteiger partial charge >= 0.3 is 6.09 Å². The molecule has 0 atom stereocenters. The minimum absolute atomic E-state index is 0.450. The summed E-state index contributed by atoms with van der Waals surface area (Å²) in [7, 11) is 5.83. The number of carbonyl (C=O) groups is 1. The first-order chi connectivity index (χ1) is 10.4. The number of hydrogen-bond donors (Lipinski definition) is 1. The third kappa shape index (κ3) is 3.86. The van der Waals surface area contributed by atoms with Crippen LogP contribution in [-0.4, -0.2) is 27.2 Å². The molecule has 1 N–H and O–H groups in total. The van der Waals surface area contributed by atoms with E-state index in [0.717, 1.165) is 17.8 Å². The summed E-state index contributed by atoms with van der Waals surface area (Å²) in [5.41, 5.74) is 3.29. The molecule has 0 bridgehead atoms. The van der Waals surface area contributed by atoms with Crippen LogP contribution in [0.3, 0.4) is 0 Å². The second-order valence-electron chi connectivity index (χ2n) is 5.92. The lowest BCUT2D eigenvalue weighted by atomic mass is 10.1. The molecule has 4 heteroatoms. The highest BCUT2D eigenvalue weighted by Crippen LogP contribution is 2.29. The second kappa shape index (κ2) is 6.62. The second-order valence-corrected chi connectivity index (χ2v) is 5.92. The average Bonchev–Trinajstić information content (AvgIpc) is 2.49. The van der Waals surface area contributed by atoms with Crippen LogP contribution in [0.15, 0.2) is 48.5 Å². The Morgan fingerprint density at radius 2 is 1.82 bits per heavy atom. The Morgan fingerprint density at radius 1 is 1.14 bits per heavy atom. The van der Waals surface area contributed by atoms with Crippen LogP contribution in [0.1, 0.15) is 11.1 Å². The predicted octanol–water partition coefficient (Wildman–Crippen LogP) is 3.48. The summed E-state index contributed by atoms with van der Waals surface area (Å²) >= 11 is 0. The smallest absolute Gasteiger partial charge is 0.410 e. The number of carbonyl (C=O) groups excluding carboxylic acids is 1. The monoisotopic (exact) mass is 299 g/mol. The number of amides is 1. The first-order valence-corrected chi connectivity index (χ1v) is 7.30. The van der Waals surface area contributed by atoms with Crippen molar-refractivity contribution in [2.75, 3.05) is 21.1 Å². The minimum Gasteiger partial charge on any atom is -0.410 e. The molecule has 0 fully saturated rings. The van der Waals surface area contributed by atoms with E-state index in [1.807, 2.05) is 37.3 Å². The van der Waals surface area contributed by atoms with Gasteiger partial charge in [-0.05, 0) is 24.6 Å². The number of ether oxygens (including phenoxy) is 1. The van der Waals surface area contributed by atoms with Crippen molar-refractivity contribution in [3.63, 3.8) is 0 Å². The van der Waals surface area contributed by atoms with Crippen LogP contribution in [0.5, 0.6) is 5.75 Å². The standard InChI is InChI=1S/C18H22N2O2/c1-14-10-11-16(12-17(14)22-18(21)19-2)20(3,4)13-15-8-6-5-7-9-15/h5-12H,13H2,1-4H3/p+1. The number of hydrogen-bond acceptors (Lipinski definition) is 2. The predicted molar refractivity (Wildman–Crippen MR) is 90.1 cm³/mol. The molecule has 0 aliphatic carbocycles. The zero-order valence-corrected chi connectivity index (χ0v) is 13.6. The average molecular weight is 299 g/mol. The van der Waals surface area contributed by atoms with Crippen LogP contribution in [0, 0.1) is 6.92 Å². The van der Waals surface area contributed by atoms with E-state index in [1.54, 1.807) is 7.05 Å². The molecule has 0 saturated carbocycles. The molecule has 0 saturated heterocycles. The molecule has 0 spiro atoms. The third-order valence-electron chi connectivity index (χ3n) is 3.70. The number of nitrogens with one attached hydrogen (secondary N) is 1. The number of rotatable bonds is 4. The summed E-state index contributed by atoms with van der Waals surface area (Å²) < 4.78 is 6.00. The molecular formula is C18H23N2O2+. The van der Waals surface area contributed by atoms with Gasteiger partial charge in [0, 0.05) is 18.7 Å². The van der Waals surface area contributed by atoms with Crippen molar-refractivity contribution in [2.24, 2.45) is 0 Å². The highest BCUT2D eigenvalue weighted by Gasteiger charge is 2.21. The molecule has 1 amide bonds. The molecule has 0 heterocycles. The Kier molecular flexibility index (Phi) is 4.83. The fourth-order valence-electron chi connectivity index (χ4n) is 2.36. The maximum absolute atomic E-state index is 11.4. The Bertz CT molecular complexity index is 651. The van der Waals surface area contributed by atoms with Crippen LogP contribution in [0.4, 0.5) is 10.5 Å². The van der Waals surface area contributed by atoms with E-state index < -0.39 is 6.09 Å². The maximum Gasteiger partial charge on any atom is 0.412 e. The van der Waals surface area contributed by atoms with Crippen molar-refractivity contribution in [3.05, 3.63) is 59.7 Å². The van der Waals surface area contributed by atoms with Gasteiger partial charge in [0.2, 0.25) is 0 Å². The van der Waals surface area contributed by atoms with E-state index >= 15 is 0 Å². The van der Waals surface area contributed by atoms with E-state index in [0.29, 0.717) is 10.2 Å². The molecule has 0 radical (unpaired) electrons. The molecule has 0 aromatic heterocycles. The van der Waals surface area contributed by atoms with Crippen molar-refractivity contribution in [3.8, 4) is 5.75 Å². The normalized spacial score (nSPS) is 11.1. The van der Waals surface area contributed by atoms with Crippen molar-refractivity contribution in [2.45, 2.75) is 13.5 Å². The van der Waals surface area contributed by atoms with E-state index in [4.69, 9.17) is 4.74 Å². The molecule has 4 nitrogen and oxygen atoms in total. The Morgan fingerprint density at radius 3 is 2.45 bits per heavy atom. The highest BCUT2D eigenvalue weighted by molar-refractivity contribution is 5.71. The van der Waals surface area contributed by atoms with Gasteiger partial charge in [0.25, 0.3) is 0 Å². The van der Waals surface area contributed by atoms with Crippen molar-refractivity contribution in [1.29, 1.82) is 0 Å². The van der Waals surface area contributed by atoms with Crippen LogP contribution < -0.4 is 14.5 Å². The van der Waals surface area contributed by atoms with Gasteiger partial charge in [0.05, 0.1) is 14.1 Å². The molecule has 0 aliphatic heterocycles. The summed E-state index contributed by atoms with van der Waals surface area (Å²) in [6.07, 6.45) is -0.450. The lowest BCUT2D eigenvalue weighted by molar-refractivity contribution is 0.202. The van der Waals surface area contributed by atoms with Gasteiger partial charge in [0.1, 0.15) is 18.0 Å². The van der Waals surface area contributed by atoms with Crippen molar-refractivity contribution < 1.29 is 9.53 Å². The third-order valence-corrected chi connectivity index (χ3v) is 3.70. The largest absolute Gasteiger partial charge is 0.412 e. The number of benzene rings is 2. The summed E-state index contributed by atoms with van der Waals surface area (Å²) in [6.45, 7) is 2.79. The molecule has 0 unspecified atom stereocenters. The number of quaternary nitrogens is 1. The van der Waals surface area contributed by atoms with Gasteiger partial charge in [-0.1, -0.05) is 30.3 Å². The molecule has 22 heavy (non-hydrogen) atoms. The van der Waals surface area contributed by atoms with Gasteiger partial charge in [-0.15, -0.1) is 0 Å². The minimum atomic E-state index is -0.450. The van der Waals surface area contributed by atoms with Crippen LogP contribution >= 0.6 is 0 Å². The zero-order valence-electron chi connectivity index (χ0n) is 13.6. The van der Waals surface area contributed by atoms with E-state index in [2.05, 4.69) is 37.6 Å². The molecular weight excluding hydrogens is 276 g/mol. The molecule has 2 rings (SSSR count).